The van der Waals surface area contributed by atoms with Crippen molar-refractivity contribution in [2.24, 2.45) is 5.84 Å². The second kappa shape index (κ2) is 5.34. The Bertz CT molecular complexity index is 555. The zero-order chi connectivity index (χ0) is 13.1. The van der Waals surface area contributed by atoms with Crippen LogP contribution >= 0.6 is 23.2 Å². The first-order valence-corrected chi connectivity index (χ1v) is 5.56. The van der Waals surface area contributed by atoms with Crippen molar-refractivity contribution in [3.63, 3.8) is 0 Å². The molecule has 0 atom stereocenters. The maximum Gasteiger partial charge on any atom is 0.160 e. The van der Waals surface area contributed by atoms with E-state index in [2.05, 4.69) is 20.7 Å². The van der Waals surface area contributed by atoms with Crippen molar-refractivity contribution in [3.05, 3.63) is 40.4 Å². The van der Waals surface area contributed by atoms with E-state index in [0.29, 0.717) is 17.3 Å². The van der Waals surface area contributed by atoms with E-state index in [0.717, 1.165) is 0 Å². The van der Waals surface area contributed by atoms with Crippen LogP contribution in [0.25, 0.3) is 0 Å². The summed E-state index contributed by atoms with van der Waals surface area (Å²) in [5, 5.41) is 2.76. The predicted molar refractivity (Wildman–Crippen MR) is 69.5 cm³/mol. The topological polar surface area (TPSA) is 75.9 Å². The molecule has 1 heterocycles. The molecule has 1 aromatic heterocycles. The van der Waals surface area contributed by atoms with Crippen LogP contribution in [0.5, 0.6) is 0 Å². The fourth-order valence-electron chi connectivity index (χ4n) is 1.28. The summed E-state index contributed by atoms with van der Waals surface area (Å²) in [6.45, 7) is 0. The second-order valence-corrected chi connectivity index (χ2v) is 4.13. The molecule has 0 fully saturated rings. The SMILES string of the molecule is NNc1cc(Nc2cc(Cl)c(F)c(Cl)c2)ncn1. The van der Waals surface area contributed by atoms with Crippen LogP contribution in [0, 0.1) is 5.82 Å². The van der Waals surface area contributed by atoms with Crippen molar-refractivity contribution < 1.29 is 4.39 Å². The summed E-state index contributed by atoms with van der Waals surface area (Å²) in [6.07, 6.45) is 1.32. The zero-order valence-corrected chi connectivity index (χ0v) is 10.4. The van der Waals surface area contributed by atoms with Crippen LogP contribution in [0.1, 0.15) is 0 Å². The molecule has 1 aromatic carbocycles. The molecule has 0 saturated carbocycles. The number of hydrogen-bond donors (Lipinski definition) is 3. The summed E-state index contributed by atoms with van der Waals surface area (Å²) >= 11 is 11.4. The van der Waals surface area contributed by atoms with E-state index in [4.69, 9.17) is 29.0 Å². The van der Waals surface area contributed by atoms with Crippen molar-refractivity contribution in [2.75, 3.05) is 10.7 Å². The van der Waals surface area contributed by atoms with Gasteiger partial charge in [-0.3, -0.25) is 0 Å². The maximum atomic E-state index is 13.2. The molecule has 94 valence electrons. The van der Waals surface area contributed by atoms with Crippen LogP contribution in [0.4, 0.5) is 21.7 Å². The molecule has 0 aliphatic carbocycles. The van der Waals surface area contributed by atoms with Gasteiger partial charge in [-0.2, -0.15) is 0 Å². The first kappa shape index (κ1) is 12.8. The number of benzene rings is 1. The van der Waals surface area contributed by atoms with Gasteiger partial charge in [-0.1, -0.05) is 23.2 Å². The van der Waals surface area contributed by atoms with Crippen molar-refractivity contribution in [2.45, 2.75) is 0 Å². The van der Waals surface area contributed by atoms with Crippen molar-refractivity contribution >= 4 is 40.5 Å². The average molecular weight is 288 g/mol. The third-order valence-electron chi connectivity index (χ3n) is 2.07. The third-order valence-corrected chi connectivity index (χ3v) is 2.62. The predicted octanol–water partition coefficient (Wildman–Crippen LogP) is 2.95. The molecular formula is C10H8Cl2FN5. The molecule has 0 saturated heterocycles. The smallest absolute Gasteiger partial charge is 0.160 e. The van der Waals surface area contributed by atoms with Crippen molar-refractivity contribution in [3.8, 4) is 0 Å². The van der Waals surface area contributed by atoms with Crippen molar-refractivity contribution in [1.29, 1.82) is 0 Å². The Kier molecular flexibility index (Phi) is 3.81. The highest BCUT2D eigenvalue weighted by Crippen LogP contribution is 2.28. The number of anilines is 3. The van der Waals surface area contributed by atoms with Crippen LogP contribution in [0.15, 0.2) is 24.5 Å². The molecule has 0 spiro atoms. The molecule has 0 bridgehead atoms. The molecule has 0 aliphatic rings. The minimum atomic E-state index is -0.657. The number of aromatic nitrogens is 2. The van der Waals surface area contributed by atoms with Gasteiger partial charge < -0.3 is 10.7 Å². The van der Waals surface area contributed by atoms with Crippen LogP contribution in [-0.2, 0) is 0 Å². The molecule has 0 amide bonds. The van der Waals surface area contributed by atoms with Crippen LogP contribution < -0.4 is 16.6 Å². The van der Waals surface area contributed by atoms with Gasteiger partial charge in [0.25, 0.3) is 0 Å². The molecule has 8 heteroatoms. The summed E-state index contributed by atoms with van der Waals surface area (Å²) in [6, 6.07) is 4.38. The summed E-state index contributed by atoms with van der Waals surface area (Å²) in [5.41, 5.74) is 2.89. The number of halogens is 3. The number of nitrogens with zero attached hydrogens (tertiary/aromatic N) is 2. The fraction of sp³-hybridized carbons (Fsp3) is 0. The largest absolute Gasteiger partial charge is 0.340 e. The Morgan fingerprint density at radius 1 is 1.06 bits per heavy atom. The first-order valence-electron chi connectivity index (χ1n) is 4.80. The van der Waals surface area contributed by atoms with E-state index in [1.54, 1.807) is 6.07 Å². The van der Waals surface area contributed by atoms with E-state index in [1.165, 1.54) is 18.5 Å². The van der Waals surface area contributed by atoms with Gasteiger partial charge in [0.2, 0.25) is 0 Å². The second-order valence-electron chi connectivity index (χ2n) is 3.31. The van der Waals surface area contributed by atoms with Crippen LogP contribution in [0.2, 0.25) is 10.0 Å². The lowest BCUT2D eigenvalue weighted by molar-refractivity contribution is 0.629. The Morgan fingerprint density at radius 3 is 2.28 bits per heavy atom. The number of nitrogens with two attached hydrogens (primary N) is 1. The van der Waals surface area contributed by atoms with E-state index in [9.17, 15) is 4.39 Å². The zero-order valence-electron chi connectivity index (χ0n) is 8.92. The van der Waals surface area contributed by atoms with E-state index in [-0.39, 0.29) is 10.0 Å². The van der Waals surface area contributed by atoms with Gasteiger partial charge in [-0.05, 0) is 12.1 Å². The van der Waals surface area contributed by atoms with Crippen LogP contribution in [0.3, 0.4) is 0 Å². The molecule has 0 unspecified atom stereocenters. The minimum Gasteiger partial charge on any atom is -0.340 e. The average Bonchev–Trinajstić information content (AvgIpc) is 2.36. The van der Waals surface area contributed by atoms with Crippen molar-refractivity contribution in [1.82, 2.24) is 9.97 Å². The highest BCUT2D eigenvalue weighted by Gasteiger charge is 2.08. The number of rotatable bonds is 3. The number of hydrogen-bond acceptors (Lipinski definition) is 5. The van der Waals surface area contributed by atoms with E-state index in [1.807, 2.05) is 0 Å². The quantitative estimate of drug-likeness (QED) is 0.460. The molecule has 18 heavy (non-hydrogen) atoms. The number of nitrogen functional groups attached to an aromatic ring is 1. The molecule has 4 N–H and O–H groups in total. The minimum absolute atomic E-state index is 0.0729. The Morgan fingerprint density at radius 2 is 1.67 bits per heavy atom. The molecule has 0 radical (unpaired) electrons. The van der Waals surface area contributed by atoms with E-state index >= 15 is 0 Å². The summed E-state index contributed by atoms with van der Waals surface area (Å²) in [7, 11) is 0. The third kappa shape index (κ3) is 2.79. The molecule has 5 nitrogen and oxygen atoms in total. The monoisotopic (exact) mass is 287 g/mol. The summed E-state index contributed by atoms with van der Waals surface area (Å²) < 4.78 is 13.2. The van der Waals surface area contributed by atoms with Gasteiger partial charge in [0.1, 0.15) is 18.0 Å². The van der Waals surface area contributed by atoms with Gasteiger partial charge in [0.15, 0.2) is 5.82 Å². The molecule has 2 rings (SSSR count). The lowest BCUT2D eigenvalue weighted by atomic mass is 10.3. The number of hydrazine groups is 1. The normalized spacial score (nSPS) is 10.2. The molecule has 0 aliphatic heterocycles. The Balaban J connectivity index is 2.28. The highest BCUT2D eigenvalue weighted by molar-refractivity contribution is 6.35. The maximum absolute atomic E-state index is 13.2. The summed E-state index contributed by atoms with van der Waals surface area (Å²) in [5.74, 6) is 5.47. The fourth-order valence-corrected chi connectivity index (χ4v) is 1.77. The van der Waals surface area contributed by atoms with Gasteiger partial charge in [0.05, 0.1) is 10.0 Å². The number of nitrogens with one attached hydrogen (secondary N) is 2. The van der Waals surface area contributed by atoms with Gasteiger partial charge in [-0.25, -0.2) is 20.2 Å². The highest BCUT2D eigenvalue weighted by atomic mass is 35.5. The molecule has 2 aromatic rings. The lowest BCUT2D eigenvalue weighted by Gasteiger charge is -2.08. The van der Waals surface area contributed by atoms with Gasteiger partial charge in [0, 0.05) is 11.8 Å². The molecular weight excluding hydrogens is 280 g/mol. The van der Waals surface area contributed by atoms with Gasteiger partial charge >= 0.3 is 0 Å². The first-order chi connectivity index (χ1) is 8.60. The Labute approximate surface area is 112 Å². The van der Waals surface area contributed by atoms with Gasteiger partial charge in [-0.15, -0.1) is 0 Å². The lowest BCUT2D eigenvalue weighted by Crippen LogP contribution is -2.09. The standard InChI is InChI=1S/C10H8Cl2FN5/c11-6-1-5(2-7(12)10(6)13)17-8-3-9(18-14)16-4-15-8/h1-4H,14H2,(H2,15,16,17,18). The Hall–Kier alpha value is -1.63. The van der Waals surface area contributed by atoms with Crippen LogP contribution in [-0.4, -0.2) is 9.97 Å². The summed E-state index contributed by atoms with van der Waals surface area (Å²) in [4.78, 5) is 7.82. The van der Waals surface area contributed by atoms with E-state index < -0.39 is 5.82 Å².